The molecule has 0 spiro atoms. The fourth-order valence-electron chi connectivity index (χ4n) is 1.73. The maximum atomic E-state index is 13.0. The highest BCUT2D eigenvalue weighted by Crippen LogP contribution is 2.44. The van der Waals surface area contributed by atoms with E-state index in [1.165, 1.54) is 24.3 Å². The minimum Gasteiger partial charge on any atom is -0.380 e. The van der Waals surface area contributed by atoms with Crippen molar-refractivity contribution >= 4 is 21.2 Å². The SMILES string of the molecule is O=S(=O)(CO)c1csc(C(F)(F)F)c1-c1ccccc1. The molecule has 0 fully saturated rings. The van der Waals surface area contributed by atoms with Crippen LogP contribution in [0.2, 0.25) is 0 Å². The lowest BCUT2D eigenvalue weighted by molar-refractivity contribution is -0.133. The number of rotatable bonds is 3. The number of hydrogen-bond acceptors (Lipinski definition) is 4. The maximum absolute atomic E-state index is 13.0. The van der Waals surface area contributed by atoms with Crippen molar-refractivity contribution in [3.05, 3.63) is 40.6 Å². The largest absolute Gasteiger partial charge is 0.426 e. The molecule has 0 unspecified atom stereocenters. The zero-order valence-corrected chi connectivity index (χ0v) is 11.5. The zero-order valence-electron chi connectivity index (χ0n) is 9.89. The van der Waals surface area contributed by atoms with Gasteiger partial charge in [-0.25, -0.2) is 8.42 Å². The summed E-state index contributed by atoms with van der Waals surface area (Å²) in [6.45, 7) is 0. The van der Waals surface area contributed by atoms with E-state index in [0.717, 1.165) is 5.38 Å². The van der Waals surface area contributed by atoms with E-state index < -0.39 is 37.3 Å². The molecule has 1 N–H and O–H groups in total. The van der Waals surface area contributed by atoms with Crippen LogP contribution in [0.4, 0.5) is 13.2 Å². The van der Waals surface area contributed by atoms with Gasteiger partial charge in [0.2, 0.25) is 9.84 Å². The number of aliphatic hydroxyl groups is 1. The lowest BCUT2D eigenvalue weighted by atomic mass is 10.1. The molecule has 0 saturated carbocycles. The first-order valence-electron chi connectivity index (χ1n) is 5.35. The van der Waals surface area contributed by atoms with E-state index in [2.05, 4.69) is 0 Å². The number of alkyl halides is 3. The Kier molecular flexibility index (Phi) is 3.90. The summed E-state index contributed by atoms with van der Waals surface area (Å²) in [6, 6.07) is 7.44. The van der Waals surface area contributed by atoms with Gasteiger partial charge in [0.1, 0.15) is 10.8 Å². The van der Waals surface area contributed by atoms with Gasteiger partial charge in [-0.1, -0.05) is 30.3 Å². The number of hydrogen-bond donors (Lipinski definition) is 1. The second kappa shape index (κ2) is 5.19. The first-order chi connectivity index (χ1) is 9.27. The van der Waals surface area contributed by atoms with Crippen LogP contribution in [0.25, 0.3) is 11.1 Å². The van der Waals surface area contributed by atoms with Crippen molar-refractivity contribution in [1.82, 2.24) is 0 Å². The van der Waals surface area contributed by atoms with Crippen LogP contribution in [-0.4, -0.2) is 19.5 Å². The van der Waals surface area contributed by atoms with Gasteiger partial charge in [0, 0.05) is 10.9 Å². The number of halogens is 3. The van der Waals surface area contributed by atoms with E-state index in [0.29, 0.717) is 11.3 Å². The van der Waals surface area contributed by atoms with Crippen molar-refractivity contribution in [2.75, 3.05) is 5.94 Å². The van der Waals surface area contributed by atoms with Gasteiger partial charge in [-0.15, -0.1) is 11.3 Å². The molecule has 0 amide bonds. The second-order valence-corrected chi connectivity index (χ2v) is 6.72. The van der Waals surface area contributed by atoms with Gasteiger partial charge in [0.05, 0.1) is 4.90 Å². The van der Waals surface area contributed by atoms with E-state index in [9.17, 15) is 21.6 Å². The fraction of sp³-hybridized carbons (Fsp3) is 0.167. The highest BCUT2D eigenvalue weighted by atomic mass is 32.2. The van der Waals surface area contributed by atoms with E-state index in [-0.39, 0.29) is 5.56 Å². The number of thiophene rings is 1. The van der Waals surface area contributed by atoms with Crippen molar-refractivity contribution < 1.29 is 26.7 Å². The standard InChI is InChI=1S/C12H9F3O3S2/c13-12(14,15)11-10(8-4-2-1-3-5-8)9(6-19-11)20(17,18)7-16/h1-6,16H,7H2. The Morgan fingerprint density at radius 2 is 1.75 bits per heavy atom. The average molecular weight is 322 g/mol. The van der Waals surface area contributed by atoms with Gasteiger partial charge in [-0.3, -0.25) is 0 Å². The summed E-state index contributed by atoms with van der Waals surface area (Å²) in [4.78, 5) is -1.49. The molecule has 1 aromatic heterocycles. The minimum absolute atomic E-state index is 0.146. The maximum Gasteiger partial charge on any atom is 0.426 e. The highest BCUT2D eigenvalue weighted by molar-refractivity contribution is 7.91. The quantitative estimate of drug-likeness (QED) is 0.944. The molecule has 2 aromatic rings. The van der Waals surface area contributed by atoms with Gasteiger partial charge in [0.25, 0.3) is 0 Å². The lowest BCUT2D eigenvalue weighted by Gasteiger charge is -2.10. The lowest BCUT2D eigenvalue weighted by Crippen LogP contribution is -2.09. The summed E-state index contributed by atoms with van der Waals surface area (Å²) < 4.78 is 62.4. The van der Waals surface area contributed by atoms with E-state index in [1.807, 2.05) is 0 Å². The van der Waals surface area contributed by atoms with Crippen molar-refractivity contribution in [2.45, 2.75) is 11.1 Å². The Labute approximate surface area is 117 Å². The van der Waals surface area contributed by atoms with Crippen molar-refractivity contribution in [1.29, 1.82) is 0 Å². The van der Waals surface area contributed by atoms with E-state index in [4.69, 9.17) is 5.11 Å². The molecular formula is C12H9F3O3S2. The molecule has 0 aliphatic carbocycles. The van der Waals surface area contributed by atoms with Crippen LogP contribution in [0, 0.1) is 0 Å². The third-order valence-corrected chi connectivity index (χ3v) is 5.09. The molecule has 0 radical (unpaired) electrons. The predicted molar refractivity (Wildman–Crippen MR) is 69.0 cm³/mol. The summed E-state index contributed by atoms with van der Waals surface area (Å²) >= 11 is 0.305. The third-order valence-electron chi connectivity index (χ3n) is 2.58. The van der Waals surface area contributed by atoms with Crippen LogP contribution < -0.4 is 0 Å². The number of benzene rings is 1. The first-order valence-corrected chi connectivity index (χ1v) is 7.88. The molecule has 0 saturated heterocycles. The summed E-state index contributed by atoms with van der Waals surface area (Å²) in [6.07, 6.45) is -4.65. The average Bonchev–Trinajstić information content (AvgIpc) is 2.85. The predicted octanol–water partition coefficient (Wildman–Crippen LogP) is 3.16. The zero-order chi connectivity index (χ0) is 15.0. The molecule has 0 aliphatic rings. The summed E-state index contributed by atoms with van der Waals surface area (Å²) in [5, 5.41) is 9.78. The van der Waals surface area contributed by atoms with Gasteiger partial charge >= 0.3 is 6.18 Å². The van der Waals surface area contributed by atoms with Gasteiger partial charge in [-0.05, 0) is 5.56 Å². The Hall–Kier alpha value is -1.38. The second-order valence-electron chi connectivity index (χ2n) is 3.91. The van der Waals surface area contributed by atoms with Crippen LogP contribution in [-0.2, 0) is 16.0 Å². The van der Waals surface area contributed by atoms with Crippen LogP contribution >= 0.6 is 11.3 Å². The van der Waals surface area contributed by atoms with Crippen LogP contribution in [0.5, 0.6) is 0 Å². The number of sulfone groups is 1. The van der Waals surface area contributed by atoms with E-state index in [1.54, 1.807) is 6.07 Å². The molecule has 0 aliphatic heterocycles. The van der Waals surface area contributed by atoms with Gasteiger partial charge in [0.15, 0.2) is 0 Å². The van der Waals surface area contributed by atoms with Crippen molar-refractivity contribution in [2.24, 2.45) is 0 Å². The van der Waals surface area contributed by atoms with Crippen LogP contribution in [0.3, 0.4) is 0 Å². The first kappa shape index (κ1) is 15.0. The van der Waals surface area contributed by atoms with Crippen LogP contribution in [0.1, 0.15) is 4.88 Å². The third kappa shape index (κ3) is 2.72. The molecule has 108 valence electrons. The highest BCUT2D eigenvalue weighted by Gasteiger charge is 2.38. The normalized spacial score (nSPS) is 12.6. The number of aliphatic hydroxyl groups excluding tert-OH is 1. The minimum atomic E-state index is -4.65. The van der Waals surface area contributed by atoms with E-state index >= 15 is 0 Å². The molecular weight excluding hydrogens is 313 g/mol. The molecule has 2 rings (SSSR count). The van der Waals surface area contributed by atoms with Crippen LogP contribution in [0.15, 0.2) is 40.6 Å². The molecule has 0 atom stereocenters. The molecule has 1 heterocycles. The summed E-state index contributed by atoms with van der Waals surface area (Å²) in [7, 11) is -4.15. The molecule has 1 aromatic carbocycles. The smallest absolute Gasteiger partial charge is 0.380 e. The Morgan fingerprint density at radius 3 is 2.25 bits per heavy atom. The van der Waals surface area contributed by atoms with Gasteiger partial charge in [-0.2, -0.15) is 13.2 Å². The molecule has 20 heavy (non-hydrogen) atoms. The summed E-state index contributed by atoms with van der Waals surface area (Å²) in [5.74, 6) is -1.24. The van der Waals surface area contributed by atoms with Crippen molar-refractivity contribution in [3.8, 4) is 11.1 Å². The summed E-state index contributed by atoms with van der Waals surface area (Å²) in [5.41, 5.74) is -0.259. The molecule has 0 bridgehead atoms. The Bertz CT molecular complexity index is 703. The topological polar surface area (TPSA) is 54.4 Å². The molecule has 3 nitrogen and oxygen atoms in total. The van der Waals surface area contributed by atoms with Gasteiger partial charge < -0.3 is 5.11 Å². The Morgan fingerprint density at radius 1 is 1.15 bits per heavy atom. The fourth-order valence-corrected chi connectivity index (χ4v) is 4.01. The monoisotopic (exact) mass is 322 g/mol. The Balaban J connectivity index is 2.78. The molecule has 8 heteroatoms. The van der Waals surface area contributed by atoms with Crippen molar-refractivity contribution in [3.63, 3.8) is 0 Å².